The number of hydrogen-bond acceptors (Lipinski definition) is 3. The number of aromatic nitrogens is 2. The Morgan fingerprint density at radius 1 is 1.29 bits per heavy atom. The van der Waals surface area contributed by atoms with E-state index in [1.165, 1.54) is 0 Å². The van der Waals surface area contributed by atoms with Crippen molar-refractivity contribution >= 4 is 27.5 Å². The lowest BCUT2D eigenvalue weighted by molar-refractivity contribution is 0.441. The lowest BCUT2D eigenvalue weighted by Crippen LogP contribution is -1.93. The first-order valence-electron chi connectivity index (χ1n) is 5.00. The summed E-state index contributed by atoms with van der Waals surface area (Å²) in [6.45, 7) is 1.97. The Hall–Kier alpha value is -1.13. The molecular weight excluding hydrogens is 304 g/mol. The number of alkyl halides is 1. The lowest BCUT2D eigenvalue weighted by atomic mass is 10.2. The zero-order valence-electron chi connectivity index (χ0n) is 9.15. The Kier molecular flexibility index (Phi) is 3.97. The van der Waals surface area contributed by atoms with Crippen molar-refractivity contribution in [2.24, 2.45) is 0 Å². The molecule has 0 N–H and O–H groups in total. The fourth-order valence-corrected chi connectivity index (χ4v) is 1.81. The summed E-state index contributed by atoms with van der Waals surface area (Å²) >= 11 is 9.38. The van der Waals surface area contributed by atoms with Crippen LogP contribution in [0.3, 0.4) is 0 Å². The summed E-state index contributed by atoms with van der Waals surface area (Å²) in [6.07, 6.45) is 3.42. The Morgan fingerprint density at radius 3 is 2.59 bits per heavy atom. The van der Waals surface area contributed by atoms with Crippen LogP contribution in [0.2, 0.25) is 5.02 Å². The van der Waals surface area contributed by atoms with Crippen LogP contribution in [0, 0.1) is 6.92 Å². The van der Waals surface area contributed by atoms with Gasteiger partial charge in [0.05, 0.1) is 5.02 Å². The molecule has 3 nitrogen and oxygen atoms in total. The van der Waals surface area contributed by atoms with E-state index in [9.17, 15) is 0 Å². The van der Waals surface area contributed by atoms with Gasteiger partial charge in [0, 0.05) is 17.7 Å². The van der Waals surface area contributed by atoms with Crippen molar-refractivity contribution in [3.63, 3.8) is 0 Å². The van der Waals surface area contributed by atoms with Gasteiger partial charge in [0.25, 0.3) is 0 Å². The molecule has 0 unspecified atom stereocenters. The minimum Gasteiger partial charge on any atom is -0.423 e. The molecule has 17 heavy (non-hydrogen) atoms. The van der Waals surface area contributed by atoms with E-state index >= 15 is 0 Å². The molecule has 1 aromatic carbocycles. The molecule has 0 saturated heterocycles. The molecule has 5 heteroatoms. The molecule has 0 fully saturated rings. The fourth-order valence-electron chi connectivity index (χ4n) is 1.25. The second-order valence-electron chi connectivity index (χ2n) is 3.54. The Bertz CT molecular complexity index is 516. The van der Waals surface area contributed by atoms with Gasteiger partial charge in [-0.3, -0.25) is 0 Å². The molecule has 0 saturated carbocycles. The van der Waals surface area contributed by atoms with Crippen LogP contribution in [0.25, 0.3) is 0 Å². The predicted molar refractivity (Wildman–Crippen MR) is 70.9 cm³/mol. The number of ether oxygens (including phenoxy) is 1. The van der Waals surface area contributed by atoms with Crippen molar-refractivity contribution in [2.75, 3.05) is 0 Å². The van der Waals surface area contributed by atoms with Gasteiger partial charge in [0.15, 0.2) is 0 Å². The smallest absolute Gasteiger partial charge is 0.321 e. The van der Waals surface area contributed by atoms with Crippen molar-refractivity contribution in [3.8, 4) is 11.8 Å². The molecule has 0 spiro atoms. The molecule has 0 aliphatic heterocycles. The van der Waals surface area contributed by atoms with Crippen LogP contribution in [0.15, 0.2) is 30.6 Å². The molecular formula is C12H10BrClN2O. The molecule has 0 atom stereocenters. The molecule has 0 bridgehead atoms. The minimum atomic E-state index is 0.292. The molecule has 0 aliphatic rings. The normalized spacial score (nSPS) is 10.3. The van der Waals surface area contributed by atoms with E-state index in [1.54, 1.807) is 18.5 Å². The van der Waals surface area contributed by atoms with Gasteiger partial charge in [-0.25, -0.2) is 9.97 Å². The monoisotopic (exact) mass is 312 g/mol. The highest BCUT2D eigenvalue weighted by atomic mass is 79.9. The summed E-state index contributed by atoms with van der Waals surface area (Å²) in [4.78, 5) is 8.17. The molecule has 0 aliphatic carbocycles. The van der Waals surface area contributed by atoms with E-state index < -0.39 is 0 Å². The lowest BCUT2D eigenvalue weighted by Gasteiger charge is -2.06. The average Bonchev–Trinajstić information content (AvgIpc) is 2.34. The van der Waals surface area contributed by atoms with Crippen molar-refractivity contribution in [1.29, 1.82) is 0 Å². The summed E-state index contributed by atoms with van der Waals surface area (Å²) in [5.74, 6) is 0.559. The van der Waals surface area contributed by atoms with Gasteiger partial charge in [-0.15, -0.1) is 0 Å². The highest BCUT2D eigenvalue weighted by Crippen LogP contribution is 2.28. The SMILES string of the molecule is Cc1ccc(Oc2ncc(CBr)cn2)c(Cl)c1. The molecule has 0 radical (unpaired) electrons. The molecule has 2 aromatic rings. The van der Waals surface area contributed by atoms with Crippen molar-refractivity contribution in [2.45, 2.75) is 12.3 Å². The number of hydrogen-bond donors (Lipinski definition) is 0. The zero-order valence-corrected chi connectivity index (χ0v) is 11.5. The first-order valence-corrected chi connectivity index (χ1v) is 6.50. The van der Waals surface area contributed by atoms with Gasteiger partial charge in [-0.05, 0) is 30.2 Å². The topological polar surface area (TPSA) is 35.0 Å². The number of nitrogens with zero attached hydrogens (tertiary/aromatic N) is 2. The minimum absolute atomic E-state index is 0.292. The second kappa shape index (κ2) is 5.47. The van der Waals surface area contributed by atoms with Crippen molar-refractivity contribution in [3.05, 3.63) is 46.7 Å². The van der Waals surface area contributed by atoms with E-state index in [4.69, 9.17) is 16.3 Å². The maximum absolute atomic E-state index is 6.05. The van der Waals surface area contributed by atoms with Crippen molar-refractivity contribution < 1.29 is 4.74 Å². The fraction of sp³-hybridized carbons (Fsp3) is 0.167. The van der Waals surface area contributed by atoms with Gasteiger partial charge in [0.1, 0.15) is 5.75 Å². The molecule has 88 valence electrons. The highest BCUT2D eigenvalue weighted by molar-refractivity contribution is 9.08. The van der Waals surface area contributed by atoms with Gasteiger partial charge in [-0.1, -0.05) is 33.6 Å². The number of benzene rings is 1. The Labute approximate surface area is 113 Å². The average molecular weight is 314 g/mol. The maximum Gasteiger partial charge on any atom is 0.321 e. The van der Waals surface area contributed by atoms with E-state index in [0.717, 1.165) is 16.5 Å². The molecule has 0 amide bonds. The van der Waals surface area contributed by atoms with Crippen LogP contribution >= 0.6 is 27.5 Å². The van der Waals surface area contributed by atoms with Gasteiger partial charge in [-0.2, -0.15) is 0 Å². The third kappa shape index (κ3) is 3.17. The quantitative estimate of drug-likeness (QED) is 0.799. The summed E-state index contributed by atoms with van der Waals surface area (Å²) < 4.78 is 5.49. The maximum atomic E-state index is 6.05. The molecule has 1 heterocycles. The first kappa shape index (κ1) is 12.3. The first-order chi connectivity index (χ1) is 8.19. The van der Waals surface area contributed by atoms with Crippen LogP contribution < -0.4 is 4.74 Å². The van der Waals surface area contributed by atoms with Crippen LogP contribution in [0.5, 0.6) is 11.8 Å². The Morgan fingerprint density at radius 2 is 2.00 bits per heavy atom. The van der Waals surface area contributed by atoms with Crippen LogP contribution in [0.4, 0.5) is 0 Å². The number of halogens is 2. The Balaban J connectivity index is 2.19. The van der Waals surface area contributed by atoms with Crippen LogP contribution in [-0.4, -0.2) is 9.97 Å². The van der Waals surface area contributed by atoms with Gasteiger partial charge in [0.2, 0.25) is 0 Å². The number of aryl methyl sites for hydroxylation is 1. The summed E-state index contributed by atoms with van der Waals surface area (Å²) in [7, 11) is 0. The predicted octanol–water partition coefficient (Wildman–Crippen LogP) is 4.13. The van der Waals surface area contributed by atoms with Gasteiger partial charge < -0.3 is 4.74 Å². The third-order valence-corrected chi connectivity index (χ3v) is 3.07. The standard InChI is InChI=1S/C12H10BrClN2O/c1-8-2-3-11(10(14)4-8)17-12-15-6-9(5-13)7-16-12/h2-4,6-7H,5H2,1H3. The van der Waals surface area contributed by atoms with E-state index in [1.807, 2.05) is 19.1 Å². The van der Waals surface area contributed by atoms with E-state index in [-0.39, 0.29) is 0 Å². The largest absolute Gasteiger partial charge is 0.423 e. The third-order valence-electron chi connectivity index (χ3n) is 2.12. The van der Waals surface area contributed by atoms with Crippen LogP contribution in [0.1, 0.15) is 11.1 Å². The zero-order chi connectivity index (χ0) is 12.3. The highest BCUT2D eigenvalue weighted by Gasteiger charge is 2.05. The molecule has 1 aromatic heterocycles. The van der Waals surface area contributed by atoms with E-state index in [2.05, 4.69) is 25.9 Å². The van der Waals surface area contributed by atoms with E-state index in [0.29, 0.717) is 16.8 Å². The number of rotatable bonds is 3. The van der Waals surface area contributed by atoms with Crippen molar-refractivity contribution in [1.82, 2.24) is 9.97 Å². The molecule has 2 rings (SSSR count). The summed E-state index contributed by atoms with van der Waals surface area (Å²) in [6, 6.07) is 5.86. The van der Waals surface area contributed by atoms with Gasteiger partial charge >= 0.3 is 6.01 Å². The summed E-state index contributed by atoms with van der Waals surface area (Å²) in [5.41, 5.74) is 2.07. The van der Waals surface area contributed by atoms with Crippen LogP contribution in [-0.2, 0) is 5.33 Å². The summed E-state index contributed by atoms with van der Waals surface area (Å²) in [5, 5.41) is 1.27. The second-order valence-corrected chi connectivity index (χ2v) is 4.51.